The highest BCUT2D eigenvalue weighted by atomic mass is 16.5. The maximum absolute atomic E-state index is 12.9. The minimum absolute atomic E-state index is 0.0826. The normalized spacial score (nSPS) is 18.0. The van der Waals surface area contributed by atoms with E-state index in [0.717, 1.165) is 37.0 Å². The average molecular weight is 319 g/mol. The van der Waals surface area contributed by atoms with E-state index < -0.39 is 5.41 Å². The van der Waals surface area contributed by atoms with Crippen LogP contribution in [0.2, 0.25) is 0 Å². The number of aliphatic hydroxyl groups excluding tert-OH is 1. The van der Waals surface area contributed by atoms with Crippen LogP contribution in [0.4, 0.5) is 0 Å². The maximum atomic E-state index is 12.9. The lowest BCUT2D eigenvalue weighted by Gasteiger charge is -2.29. The molecule has 23 heavy (non-hydrogen) atoms. The second-order valence-electron chi connectivity index (χ2n) is 6.88. The molecule has 0 heterocycles. The molecule has 0 radical (unpaired) electrons. The number of benzene rings is 1. The van der Waals surface area contributed by atoms with Gasteiger partial charge in [-0.05, 0) is 42.9 Å². The summed E-state index contributed by atoms with van der Waals surface area (Å²) in [6.45, 7) is 4.49. The molecule has 0 spiro atoms. The first-order valence-corrected chi connectivity index (χ1v) is 8.60. The van der Waals surface area contributed by atoms with Crippen LogP contribution in [0.1, 0.15) is 51.5 Å². The second-order valence-corrected chi connectivity index (χ2v) is 6.88. The maximum Gasteiger partial charge on any atom is 0.230 e. The number of nitrogens with one attached hydrogen (secondary N) is 1. The van der Waals surface area contributed by atoms with Gasteiger partial charge in [-0.15, -0.1) is 0 Å². The molecule has 1 unspecified atom stereocenters. The molecule has 2 N–H and O–H groups in total. The highest BCUT2D eigenvalue weighted by Crippen LogP contribution is 2.42. The van der Waals surface area contributed by atoms with Gasteiger partial charge in [-0.1, -0.05) is 38.8 Å². The Hall–Kier alpha value is -1.55. The molecular weight excluding hydrogens is 290 g/mol. The van der Waals surface area contributed by atoms with E-state index in [4.69, 9.17) is 4.74 Å². The minimum atomic E-state index is -0.447. The number of hydrogen-bond acceptors (Lipinski definition) is 3. The number of carbonyl (C=O) groups excluding carboxylic acids is 1. The fourth-order valence-electron chi connectivity index (χ4n) is 3.38. The highest BCUT2D eigenvalue weighted by molar-refractivity contribution is 5.88. The Kier molecular flexibility index (Phi) is 6.05. The Morgan fingerprint density at radius 2 is 2.04 bits per heavy atom. The molecule has 1 saturated carbocycles. The SMILES string of the molecule is COc1cccc(C2(C(=O)NCCC(O)C(C)C)CCCC2)c1. The van der Waals surface area contributed by atoms with Crippen LogP contribution < -0.4 is 10.1 Å². The van der Waals surface area contributed by atoms with Crippen LogP contribution in [0, 0.1) is 5.92 Å². The smallest absolute Gasteiger partial charge is 0.230 e. The molecule has 0 aromatic heterocycles. The lowest BCUT2D eigenvalue weighted by Crippen LogP contribution is -2.43. The van der Waals surface area contributed by atoms with E-state index in [-0.39, 0.29) is 17.9 Å². The summed E-state index contributed by atoms with van der Waals surface area (Å²) in [5.74, 6) is 1.08. The molecule has 1 aliphatic rings. The standard InChI is InChI=1S/C19H29NO3/c1-14(2)17(21)9-12-20-18(22)19(10-4-5-11-19)15-7-6-8-16(13-15)23-3/h6-8,13-14,17,21H,4-5,9-12H2,1-3H3,(H,20,22). The monoisotopic (exact) mass is 319 g/mol. The second kappa shape index (κ2) is 7.82. The van der Waals surface area contributed by atoms with Crippen molar-refractivity contribution in [3.8, 4) is 5.75 Å². The number of hydrogen-bond donors (Lipinski definition) is 2. The van der Waals surface area contributed by atoms with E-state index in [1.165, 1.54) is 0 Å². The molecule has 2 rings (SSSR count). The molecule has 128 valence electrons. The van der Waals surface area contributed by atoms with Gasteiger partial charge in [0.15, 0.2) is 0 Å². The Morgan fingerprint density at radius 1 is 1.35 bits per heavy atom. The molecule has 4 nitrogen and oxygen atoms in total. The number of methoxy groups -OCH3 is 1. The van der Waals surface area contributed by atoms with E-state index in [1.807, 2.05) is 38.1 Å². The highest BCUT2D eigenvalue weighted by Gasteiger charge is 2.42. The third-order valence-electron chi connectivity index (χ3n) is 5.01. The van der Waals surface area contributed by atoms with Crippen molar-refractivity contribution in [3.63, 3.8) is 0 Å². The van der Waals surface area contributed by atoms with Gasteiger partial charge in [0.1, 0.15) is 5.75 Å². The van der Waals surface area contributed by atoms with Crippen LogP contribution in [0.15, 0.2) is 24.3 Å². The first-order chi connectivity index (χ1) is 11.0. The summed E-state index contributed by atoms with van der Waals surface area (Å²) in [4.78, 5) is 12.9. The summed E-state index contributed by atoms with van der Waals surface area (Å²) in [6, 6.07) is 7.86. The van der Waals surface area contributed by atoms with Gasteiger partial charge in [-0.25, -0.2) is 0 Å². The largest absolute Gasteiger partial charge is 0.497 e. The number of rotatable bonds is 7. The molecule has 0 aliphatic heterocycles. The lowest BCUT2D eigenvalue weighted by atomic mass is 9.78. The molecule has 0 bridgehead atoms. The van der Waals surface area contributed by atoms with Crippen molar-refractivity contribution in [1.29, 1.82) is 0 Å². The fraction of sp³-hybridized carbons (Fsp3) is 0.632. The fourth-order valence-corrected chi connectivity index (χ4v) is 3.38. The quantitative estimate of drug-likeness (QED) is 0.812. The van der Waals surface area contributed by atoms with Crippen molar-refractivity contribution < 1.29 is 14.6 Å². The number of carbonyl (C=O) groups is 1. The van der Waals surface area contributed by atoms with E-state index >= 15 is 0 Å². The van der Waals surface area contributed by atoms with Gasteiger partial charge in [0.25, 0.3) is 0 Å². The summed E-state index contributed by atoms with van der Waals surface area (Å²) in [6.07, 6.45) is 4.11. The zero-order valence-corrected chi connectivity index (χ0v) is 14.5. The van der Waals surface area contributed by atoms with Crippen LogP contribution in [0.5, 0.6) is 5.75 Å². The Balaban J connectivity index is 2.09. The van der Waals surface area contributed by atoms with Crippen LogP contribution >= 0.6 is 0 Å². The molecule has 1 aliphatic carbocycles. The summed E-state index contributed by atoms with van der Waals surface area (Å²) in [7, 11) is 1.65. The summed E-state index contributed by atoms with van der Waals surface area (Å²) in [5.41, 5.74) is 0.591. The van der Waals surface area contributed by atoms with Gasteiger partial charge in [0, 0.05) is 6.54 Å². The van der Waals surface area contributed by atoms with Gasteiger partial charge in [-0.3, -0.25) is 4.79 Å². The Morgan fingerprint density at radius 3 is 2.65 bits per heavy atom. The molecular formula is C19H29NO3. The Bertz CT molecular complexity index is 521. The predicted molar refractivity (Wildman–Crippen MR) is 91.6 cm³/mol. The lowest BCUT2D eigenvalue weighted by molar-refractivity contribution is -0.126. The molecule has 1 amide bonds. The van der Waals surface area contributed by atoms with Crippen LogP contribution in [0.25, 0.3) is 0 Å². The van der Waals surface area contributed by atoms with Crippen LogP contribution in [-0.4, -0.2) is 30.8 Å². The first-order valence-electron chi connectivity index (χ1n) is 8.60. The summed E-state index contributed by atoms with van der Waals surface area (Å²) >= 11 is 0. The number of amides is 1. The molecule has 4 heteroatoms. The van der Waals surface area contributed by atoms with Gasteiger partial charge in [0.05, 0.1) is 18.6 Å². The summed E-state index contributed by atoms with van der Waals surface area (Å²) in [5, 5.41) is 12.9. The van der Waals surface area contributed by atoms with Crippen LogP contribution in [0.3, 0.4) is 0 Å². The van der Waals surface area contributed by atoms with Crippen molar-refractivity contribution in [2.24, 2.45) is 5.92 Å². The van der Waals surface area contributed by atoms with E-state index in [2.05, 4.69) is 5.32 Å². The molecule has 1 fully saturated rings. The molecule has 1 atom stereocenters. The zero-order chi connectivity index (χ0) is 16.9. The van der Waals surface area contributed by atoms with Crippen molar-refractivity contribution in [3.05, 3.63) is 29.8 Å². The third-order valence-corrected chi connectivity index (χ3v) is 5.01. The van der Waals surface area contributed by atoms with Crippen LogP contribution in [-0.2, 0) is 10.2 Å². The topological polar surface area (TPSA) is 58.6 Å². The van der Waals surface area contributed by atoms with E-state index in [0.29, 0.717) is 13.0 Å². The number of aliphatic hydroxyl groups is 1. The van der Waals surface area contributed by atoms with Crippen molar-refractivity contribution in [2.45, 2.75) is 57.5 Å². The third kappa shape index (κ3) is 4.05. The van der Waals surface area contributed by atoms with Gasteiger partial charge < -0.3 is 15.2 Å². The first kappa shape index (κ1) is 17.8. The zero-order valence-electron chi connectivity index (χ0n) is 14.5. The summed E-state index contributed by atoms with van der Waals surface area (Å²) < 4.78 is 5.31. The van der Waals surface area contributed by atoms with Gasteiger partial charge >= 0.3 is 0 Å². The van der Waals surface area contributed by atoms with E-state index in [1.54, 1.807) is 7.11 Å². The minimum Gasteiger partial charge on any atom is -0.497 e. The van der Waals surface area contributed by atoms with Gasteiger partial charge in [0.2, 0.25) is 5.91 Å². The van der Waals surface area contributed by atoms with Crippen molar-refractivity contribution in [2.75, 3.05) is 13.7 Å². The van der Waals surface area contributed by atoms with Crippen molar-refractivity contribution >= 4 is 5.91 Å². The number of ether oxygens (including phenoxy) is 1. The average Bonchev–Trinajstić information content (AvgIpc) is 3.05. The Labute approximate surface area is 139 Å². The van der Waals surface area contributed by atoms with Gasteiger partial charge in [-0.2, -0.15) is 0 Å². The molecule has 1 aromatic carbocycles. The molecule has 1 aromatic rings. The van der Waals surface area contributed by atoms with Crippen molar-refractivity contribution in [1.82, 2.24) is 5.32 Å². The predicted octanol–water partition coefficient (Wildman–Crippen LogP) is 3.03. The molecule has 0 saturated heterocycles. The van der Waals surface area contributed by atoms with E-state index in [9.17, 15) is 9.90 Å².